The summed E-state index contributed by atoms with van der Waals surface area (Å²) in [6.07, 6.45) is 10.1. The molecule has 2 aromatic carbocycles. The van der Waals surface area contributed by atoms with Crippen LogP contribution in [0.2, 0.25) is 0 Å². The van der Waals surface area contributed by atoms with E-state index in [0.717, 1.165) is 6.54 Å². The van der Waals surface area contributed by atoms with Crippen molar-refractivity contribution in [3.05, 3.63) is 59.7 Å². The molecule has 0 saturated heterocycles. The predicted molar refractivity (Wildman–Crippen MR) is 126 cm³/mol. The summed E-state index contributed by atoms with van der Waals surface area (Å²) in [4.78, 5) is 2.50. The van der Waals surface area contributed by atoms with Crippen molar-refractivity contribution in [3.63, 3.8) is 0 Å². The average molecular weight is 389 g/mol. The van der Waals surface area contributed by atoms with Crippen LogP contribution >= 0.6 is 0 Å². The minimum Gasteiger partial charge on any atom is -0.340 e. The zero-order chi connectivity index (χ0) is 20.1. The zero-order valence-electron chi connectivity index (χ0n) is 18.3. The normalized spacial score (nSPS) is 13.5. The Morgan fingerprint density at radius 1 is 0.862 bits per heavy atom. The van der Waals surface area contributed by atoms with Gasteiger partial charge < -0.3 is 9.47 Å². The molecular formula is C27H36N2. The molecule has 1 heterocycles. The number of aryl methyl sites for hydroxylation is 3. The van der Waals surface area contributed by atoms with E-state index in [1.807, 2.05) is 0 Å². The van der Waals surface area contributed by atoms with Gasteiger partial charge in [0.1, 0.15) is 0 Å². The summed E-state index contributed by atoms with van der Waals surface area (Å²) in [5.74, 6) is 0. The van der Waals surface area contributed by atoms with Crippen LogP contribution in [0.1, 0.15) is 56.6 Å². The molecule has 2 heteroatoms. The van der Waals surface area contributed by atoms with E-state index in [4.69, 9.17) is 0 Å². The number of aromatic nitrogens is 1. The largest absolute Gasteiger partial charge is 0.340 e. The highest BCUT2D eigenvalue weighted by atomic mass is 15.1. The van der Waals surface area contributed by atoms with Crippen LogP contribution in [-0.2, 0) is 19.4 Å². The van der Waals surface area contributed by atoms with E-state index >= 15 is 0 Å². The number of rotatable bonds is 9. The SMILES string of the molecule is CCCCN(C)CCCCCn1c2c(c3ccccc31)CCCc1ccccc1-2. The first-order valence-corrected chi connectivity index (χ1v) is 11.7. The summed E-state index contributed by atoms with van der Waals surface area (Å²) in [5, 5.41) is 1.47. The van der Waals surface area contributed by atoms with Crippen LogP contribution in [0.4, 0.5) is 0 Å². The molecule has 0 fully saturated rings. The minimum absolute atomic E-state index is 1.13. The zero-order valence-corrected chi connectivity index (χ0v) is 18.3. The van der Waals surface area contributed by atoms with Crippen LogP contribution in [0, 0.1) is 0 Å². The maximum absolute atomic E-state index is 2.63. The van der Waals surface area contributed by atoms with Crippen LogP contribution < -0.4 is 0 Å². The second kappa shape index (κ2) is 9.63. The first kappa shape index (κ1) is 20.2. The Labute approximate surface area is 176 Å². The third-order valence-electron chi connectivity index (χ3n) is 6.54. The van der Waals surface area contributed by atoms with Crippen molar-refractivity contribution in [2.45, 2.75) is 64.8 Å². The molecule has 3 aromatic rings. The molecule has 0 spiro atoms. The van der Waals surface area contributed by atoms with Gasteiger partial charge in [0.2, 0.25) is 0 Å². The van der Waals surface area contributed by atoms with E-state index < -0.39 is 0 Å². The van der Waals surface area contributed by atoms with E-state index in [1.54, 1.807) is 5.56 Å². The lowest BCUT2D eigenvalue weighted by Gasteiger charge is -2.16. The van der Waals surface area contributed by atoms with Crippen molar-refractivity contribution >= 4 is 10.9 Å². The molecule has 1 aliphatic carbocycles. The van der Waals surface area contributed by atoms with E-state index in [9.17, 15) is 0 Å². The van der Waals surface area contributed by atoms with Gasteiger partial charge in [0, 0.05) is 23.0 Å². The van der Waals surface area contributed by atoms with E-state index in [1.165, 1.54) is 92.2 Å². The van der Waals surface area contributed by atoms with E-state index in [-0.39, 0.29) is 0 Å². The van der Waals surface area contributed by atoms with Gasteiger partial charge in [-0.25, -0.2) is 0 Å². The standard InChI is InChI=1S/C27H36N2/c1-3-4-19-28(2)20-10-5-11-21-29-26-18-9-8-16-24(26)25-17-12-14-22-13-6-7-15-23(22)27(25)29/h6-9,13,15-16,18H,3-5,10-12,14,17,19-21H2,1-2H3. The molecular weight excluding hydrogens is 352 g/mol. The molecule has 1 aliphatic rings. The highest BCUT2D eigenvalue weighted by Gasteiger charge is 2.22. The van der Waals surface area contributed by atoms with Crippen LogP contribution in [0.15, 0.2) is 48.5 Å². The second-order valence-electron chi connectivity index (χ2n) is 8.72. The maximum atomic E-state index is 2.63. The van der Waals surface area contributed by atoms with Crippen LogP contribution in [0.25, 0.3) is 22.2 Å². The third-order valence-corrected chi connectivity index (χ3v) is 6.54. The fourth-order valence-electron chi connectivity index (χ4n) is 4.96. The molecule has 29 heavy (non-hydrogen) atoms. The Balaban J connectivity index is 1.54. The van der Waals surface area contributed by atoms with Crippen LogP contribution in [-0.4, -0.2) is 29.6 Å². The van der Waals surface area contributed by atoms with Gasteiger partial charge in [0.25, 0.3) is 0 Å². The van der Waals surface area contributed by atoms with Gasteiger partial charge in [-0.2, -0.15) is 0 Å². The van der Waals surface area contributed by atoms with E-state index in [0.29, 0.717) is 0 Å². The number of hydrogen-bond donors (Lipinski definition) is 0. The van der Waals surface area contributed by atoms with Gasteiger partial charge in [0.15, 0.2) is 0 Å². The van der Waals surface area contributed by atoms with Crippen molar-refractivity contribution in [1.82, 2.24) is 9.47 Å². The molecule has 0 bridgehead atoms. The monoisotopic (exact) mass is 388 g/mol. The Bertz CT molecular complexity index is 937. The summed E-state index contributed by atoms with van der Waals surface area (Å²) >= 11 is 0. The highest BCUT2D eigenvalue weighted by molar-refractivity contribution is 5.92. The summed E-state index contributed by atoms with van der Waals surface area (Å²) in [5.41, 5.74) is 7.49. The smallest absolute Gasteiger partial charge is 0.0526 e. The highest BCUT2D eigenvalue weighted by Crippen LogP contribution is 2.39. The molecule has 0 atom stereocenters. The first-order chi connectivity index (χ1) is 14.3. The molecule has 0 aliphatic heterocycles. The number of nitrogens with zero attached hydrogens (tertiary/aromatic N) is 2. The van der Waals surface area contributed by atoms with Crippen molar-refractivity contribution in [1.29, 1.82) is 0 Å². The number of hydrogen-bond acceptors (Lipinski definition) is 1. The fourth-order valence-corrected chi connectivity index (χ4v) is 4.96. The Hall–Kier alpha value is -2.06. The Morgan fingerprint density at radius 2 is 1.66 bits per heavy atom. The lowest BCUT2D eigenvalue weighted by atomic mass is 10.0. The Kier molecular flexibility index (Phi) is 6.71. The summed E-state index contributed by atoms with van der Waals surface area (Å²) < 4.78 is 2.63. The molecule has 4 rings (SSSR count). The molecule has 0 radical (unpaired) electrons. The summed E-state index contributed by atoms with van der Waals surface area (Å²) in [6.45, 7) is 5.87. The van der Waals surface area contributed by atoms with Gasteiger partial charge >= 0.3 is 0 Å². The molecule has 1 aromatic heterocycles. The van der Waals surface area contributed by atoms with Crippen molar-refractivity contribution in [2.24, 2.45) is 0 Å². The predicted octanol–water partition coefficient (Wildman–Crippen LogP) is 6.70. The van der Waals surface area contributed by atoms with Gasteiger partial charge in [-0.3, -0.25) is 0 Å². The number of para-hydroxylation sites is 1. The minimum atomic E-state index is 1.13. The molecule has 154 valence electrons. The third kappa shape index (κ3) is 4.43. The maximum Gasteiger partial charge on any atom is 0.0526 e. The fraction of sp³-hybridized carbons (Fsp3) is 0.481. The van der Waals surface area contributed by atoms with Gasteiger partial charge in [-0.05, 0) is 75.9 Å². The van der Waals surface area contributed by atoms with E-state index in [2.05, 4.69) is 72.0 Å². The number of benzene rings is 2. The topological polar surface area (TPSA) is 8.17 Å². The average Bonchev–Trinajstić information content (AvgIpc) is 2.93. The van der Waals surface area contributed by atoms with Gasteiger partial charge in [-0.15, -0.1) is 0 Å². The summed E-state index contributed by atoms with van der Waals surface area (Å²) in [6, 6.07) is 18.2. The van der Waals surface area contributed by atoms with Crippen molar-refractivity contribution in [2.75, 3.05) is 20.1 Å². The molecule has 0 amide bonds. The quantitative estimate of drug-likeness (QED) is 0.370. The lowest BCUT2D eigenvalue weighted by Crippen LogP contribution is -2.20. The molecule has 0 unspecified atom stereocenters. The molecule has 0 N–H and O–H groups in total. The van der Waals surface area contributed by atoms with Gasteiger partial charge in [-0.1, -0.05) is 62.2 Å². The number of fused-ring (bicyclic) bond motifs is 5. The van der Waals surface area contributed by atoms with Crippen LogP contribution in [0.3, 0.4) is 0 Å². The lowest BCUT2D eigenvalue weighted by molar-refractivity contribution is 0.318. The van der Waals surface area contributed by atoms with Gasteiger partial charge in [0.05, 0.1) is 5.69 Å². The Morgan fingerprint density at radius 3 is 2.55 bits per heavy atom. The van der Waals surface area contributed by atoms with Crippen molar-refractivity contribution < 1.29 is 0 Å². The van der Waals surface area contributed by atoms with Crippen molar-refractivity contribution in [3.8, 4) is 11.3 Å². The molecule has 0 saturated carbocycles. The molecule has 2 nitrogen and oxygen atoms in total. The van der Waals surface area contributed by atoms with Crippen LogP contribution in [0.5, 0.6) is 0 Å². The first-order valence-electron chi connectivity index (χ1n) is 11.7. The summed E-state index contributed by atoms with van der Waals surface area (Å²) in [7, 11) is 2.27. The second-order valence-corrected chi connectivity index (χ2v) is 8.72. The number of unbranched alkanes of at least 4 members (excludes halogenated alkanes) is 3.